The Kier molecular flexibility index (Phi) is 2.80. The van der Waals surface area contributed by atoms with E-state index in [4.69, 9.17) is 5.73 Å². The van der Waals surface area contributed by atoms with Gasteiger partial charge in [-0.2, -0.15) is 0 Å². The van der Waals surface area contributed by atoms with Gasteiger partial charge in [-0.25, -0.2) is 0 Å². The average Bonchev–Trinajstić information content (AvgIpc) is 2.41. The summed E-state index contributed by atoms with van der Waals surface area (Å²) < 4.78 is 0. The van der Waals surface area contributed by atoms with Crippen LogP contribution in [-0.2, 0) is 0 Å². The van der Waals surface area contributed by atoms with Crippen LogP contribution in [0.3, 0.4) is 0 Å². The summed E-state index contributed by atoms with van der Waals surface area (Å²) in [5.41, 5.74) is 8.81. The van der Waals surface area contributed by atoms with Gasteiger partial charge in [0.05, 0.1) is 17.3 Å². The fourth-order valence-corrected chi connectivity index (χ4v) is 2.54. The van der Waals surface area contributed by atoms with Crippen LogP contribution in [0.5, 0.6) is 0 Å². The standard InChI is InChI=1S/C14H17N3O/c15-12-3-4-13(14-11(12)2-1-7-16-14)17-8-5-10(18)6-9-17/h1-4,7,10,18H,5-6,8-9,15H2. The molecule has 4 nitrogen and oxygen atoms in total. The molecule has 2 heterocycles. The molecular formula is C14H17N3O. The van der Waals surface area contributed by atoms with Gasteiger partial charge in [0.1, 0.15) is 0 Å². The lowest BCUT2D eigenvalue weighted by Gasteiger charge is -2.32. The van der Waals surface area contributed by atoms with Gasteiger partial charge in [-0.1, -0.05) is 0 Å². The van der Waals surface area contributed by atoms with Crippen molar-refractivity contribution in [3.8, 4) is 0 Å². The molecule has 18 heavy (non-hydrogen) atoms. The molecule has 0 saturated carbocycles. The van der Waals surface area contributed by atoms with E-state index < -0.39 is 0 Å². The van der Waals surface area contributed by atoms with Gasteiger partial charge in [-0.15, -0.1) is 0 Å². The summed E-state index contributed by atoms with van der Waals surface area (Å²) in [5, 5.41) is 10.6. The smallest absolute Gasteiger partial charge is 0.0955 e. The maximum Gasteiger partial charge on any atom is 0.0955 e. The Balaban J connectivity index is 2.04. The highest BCUT2D eigenvalue weighted by atomic mass is 16.3. The highest BCUT2D eigenvalue weighted by molar-refractivity contribution is 5.98. The molecule has 3 rings (SSSR count). The summed E-state index contributed by atoms with van der Waals surface area (Å²) in [5.74, 6) is 0. The predicted molar refractivity (Wildman–Crippen MR) is 73.6 cm³/mol. The molecule has 1 aliphatic rings. The Bertz CT molecular complexity index is 562. The second-order valence-electron chi connectivity index (χ2n) is 4.79. The molecule has 4 heteroatoms. The predicted octanol–water partition coefficient (Wildman–Crippen LogP) is 1.78. The number of aliphatic hydroxyl groups is 1. The molecule has 1 aromatic heterocycles. The number of hydrogen-bond donors (Lipinski definition) is 2. The van der Waals surface area contributed by atoms with Crippen LogP contribution in [0.4, 0.5) is 11.4 Å². The molecule has 1 fully saturated rings. The van der Waals surface area contributed by atoms with Gasteiger partial charge >= 0.3 is 0 Å². The third kappa shape index (κ3) is 1.88. The van der Waals surface area contributed by atoms with Crippen LogP contribution in [0.25, 0.3) is 10.9 Å². The van der Waals surface area contributed by atoms with E-state index in [0.717, 1.165) is 48.2 Å². The molecular weight excluding hydrogens is 226 g/mol. The molecule has 1 aliphatic heterocycles. The fraction of sp³-hybridized carbons (Fsp3) is 0.357. The highest BCUT2D eigenvalue weighted by Crippen LogP contribution is 2.30. The van der Waals surface area contributed by atoms with Crippen LogP contribution in [0, 0.1) is 0 Å². The first-order valence-electron chi connectivity index (χ1n) is 6.32. The van der Waals surface area contributed by atoms with E-state index in [9.17, 15) is 5.11 Å². The summed E-state index contributed by atoms with van der Waals surface area (Å²) in [4.78, 5) is 6.73. The van der Waals surface area contributed by atoms with Crippen LogP contribution in [0.15, 0.2) is 30.5 Å². The number of aliphatic hydroxyl groups excluding tert-OH is 1. The molecule has 0 spiro atoms. The molecule has 0 atom stereocenters. The van der Waals surface area contributed by atoms with Crippen LogP contribution in [-0.4, -0.2) is 29.3 Å². The van der Waals surface area contributed by atoms with Gasteiger partial charge in [-0.05, 0) is 37.1 Å². The van der Waals surface area contributed by atoms with Crippen LogP contribution >= 0.6 is 0 Å². The highest BCUT2D eigenvalue weighted by Gasteiger charge is 2.19. The van der Waals surface area contributed by atoms with E-state index in [1.165, 1.54) is 0 Å². The maximum absolute atomic E-state index is 9.57. The number of nitrogens with two attached hydrogens (primary N) is 1. The molecule has 0 aliphatic carbocycles. The third-order valence-corrected chi connectivity index (χ3v) is 3.59. The fourth-order valence-electron chi connectivity index (χ4n) is 2.54. The lowest BCUT2D eigenvalue weighted by Crippen LogP contribution is -2.35. The quantitative estimate of drug-likeness (QED) is 0.749. The number of benzene rings is 1. The third-order valence-electron chi connectivity index (χ3n) is 3.59. The molecule has 2 aromatic rings. The molecule has 3 N–H and O–H groups in total. The number of pyridine rings is 1. The van der Waals surface area contributed by atoms with Crippen molar-refractivity contribution in [1.82, 2.24) is 4.98 Å². The average molecular weight is 243 g/mol. The number of nitrogens with zero attached hydrogens (tertiary/aromatic N) is 2. The second kappa shape index (κ2) is 4.46. The van der Waals surface area contributed by atoms with Crippen molar-refractivity contribution in [3.05, 3.63) is 30.5 Å². The van der Waals surface area contributed by atoms with Crippen LogP contribution in [0.1, 0.15) is 12.8 Å². The molecule has 0 unspecified atom stereocenters. The minimum Gasteiger partial charge on any atom is -0.398 e. The largest absolute Gasteiger partial charge is 0.398 e. The number of rotatable bonds is 1. The molecule has 1 aromatic carbocycles. The SMILES string of the molecule is Nc1ccc(N2CCC(O)CC2)c2ncccc12. The van der Waals surface area contributed by atoms with Crippen LogP contribution < -0.4 is 10.6 Å². The van der Waals surface area contributed by atoms with Gasteiger partial charge in [-0.3, -0.25) is 4.98 Å². The minimum absolute atomic E-state index is 0.158. The number of piperidine rings is 1. The molecule has 0 amide bonds. The van der Waals surface area contributed by atoms with Crippen molar-refractivity contribution in [2.75, 3.05) is 23.7 Å². The van der Waals surface area contributed by atoms with Gasteiger partial charge < -0.3 is 15.7 Å². The van der Waals surface area contributed by atoms with Crippen molar-refractivity contribution in [1.29, 1.82) is 0 Å². The Morgan fingerprint density at radius 1 is 1.22 bits per heavy atom. The van der Waals surface area contributed by atoms with Gasteiger partial charge in [0.25, 0.3) is 0 Å². The van der Waals surface area contributed by atoms with Crippen molar-refractivity contribution in [3.63, 3.8) is 0 Å². The zero-order valence-electron chi connectivity index (χ0n) is 10.2. The van der Waals surface area contributed by atoms with Crippen LogP contribution in [0.2, 0.25) is 0 Å². The summed E-state index contributed by atoms with van der Waals surface area (Å²) in [6.45, 7) is 1.74. The van der Waals surface area contributed by atoms with Crippen molar-refractivity contribution < 1.29 is 5.11 Å². The Morgan fingerprint density at radius 3 is 2.78 bits per heavy atom. The Hall–Kier alpha value is -1.81. The van der Waals surface area contributed by atoms with Gasteiger partial charge in [0.15, 0.2) is 0 Å². The zero-order valence-corrected chi connectivity index (χ0v) is 10.2. The number of hydrogen-bond acceptors (Lipinski definition) is 4. The first-order valence-corrected chi connectivity index (χ1v) is 6.32. The molecule has 94 valence electrons. The molecule has 1 saturated heterocycles. The second-order valence-corrected chi connectivity index (χ2v) is 4.79. The number of anilines is 2. The van der Waals surface area contributed by atoms with E-state index in [-0.39, 0.29) is 6.10 Å². The normalized spacial score (nSPS) is 17.3. The van der Waals surface area contributed by atoms with Crippen molar-refractivity contribution in [2.24, 2.45) is 0 Å². The first kappa shape index (κ1) is 11.3. The zero-order chi connectivity index (χ0) is 12.5. The van der Waals surface area contributed by atoms with E-state index in [0.29, 0.717) is 0 Å². The van der Waals surface area contributed by atoms with Crippen molar-refractivity contribution in [2.45, 2.75) is 18.9 Å². The number of fused-ring (bicyclic) bond motifs is 1. The van der Waals surface area contributed by atoms with E-state index in [2.05, 4.69) is 9.88 Å². The molecule has 0 radical (unpaired) electrons. The lowest BCUT2D eigenvalue weighted by atomic mass is 10.1. The number of aromatic nitrogens is 1. The lowest BCUT2D eigenvalue weighted by molar-refractivity contribution is 0.145. The van der Waals surface area contributed by atoms with Gasteiger partial charge in [0.2, 0.25) is 0 Å². The van der Waals surface area contributed by atoms with E-state index in [1.807, 2.05) is 24.3 Å². The molecule has 0 bridgehead atoms. The van der Waals surface area contributed by atoms with Crippen molar-refractivity contribution >= 4 is 22.3 Å². The number of nitrogen functional groups attached to an aromatic ring is 1. The van der Waals surface area contributed by atoms with Gasteiger partial charge in [0, 0.05) is 30.4 Å². The summed E-state index contributed by atoms with van der Waals surface area (Å²) in [6, 6.07) is 7.87. The summed E-state index contributed by atoms with van der Waals surface area (Å²) in [7, 11) is 0. The topological polar surface area (TPSA) is 62.4 Å². The maximum atomic E-state index is 9.57. The summed E-state index contributed by atoms with van der Waals surface area (Å²) >= 11 is 0. The monoisotopic (exact) mass is 243 g/mol. The minimum atomic E-state index is -0.158. The summed E-state index contributed by atoms with van der Waals surface area (Å²) in [6.07, 6.45) is 3.27. The first-order chi connectivity index (χ1) is 8.75. The van der Waals surface area contributed by atoms with E-state index in [1.54, 1.807) is 6.20 Å². The Labute approximate surface area is 106 Å². The Morgan fingerprint density at radius 2 is 2.00 bits per heavy atom. The van der Waals surface area contributed by atoms with E-state index >= 15 is 0 Å².